The van der Waals surface area contributed by atoms with Crippen LogP contribution in [0.5, 0.6) is 0 Å². The fraction of sp³-hybridized carbons (Fsp3) is 0.556. The molecule has 2 atom stereocenters. The quantitative estimate of drug-likeness (QED) is 0.930. The molecular weight excluding hydrogens is 276 g/mol. The normalized spacial score (nSPS) is 19.6. The van der Waals surface area contributed by atoms with Crippen molar-refractivity contribution < 1.29 is 9.59 Å². The predicted octanol–water partition coefficient (Wildman–Crippen LogP) is 2.82. The second kappa shape index (κ2) is 6.51. The number of nitrogens with one attached hydrogen (secondary N) is 1. The van der Waals surface area contributed by atoms with E-state index in [1.54, 1.807) is 4.90 Å². The van der Waals surface area contributed by atoms with Crippen LogP contribution in [0.1, 0.15) is 38.3 Å². The van der Waals surface area contributed by atoms with E-state index >= 15 is 0 Å². The maximum absolute atomic E-state index is 12.3. The summed E-state index contributed by atoms with van der Waals surface area (Å²) in [7, 11) is 0. The highest BCUT2D eigenvalue weighted by molar-refractivity contribution is 6.00. The Labute approximate surface area is 132 Å². The molecule has 4 heteroatoms. The average Bonchev–Trinajstić information content (AvgIpc) is 2.83. The third-order valence-electron chi connectivity index (χ3n) is 4.73. The van der Waals surface area contributed by atoms with E-state index in [0.29, 0.717) is 18.9 Å². The van der Waals surface area contributed by atoms with Crippen LogP contribution in [0.4, 0.5) is 5.69 Å². The minimum Gasteiger partial charge on any atom is -0.353 e. The molecule has 1 fully saturated rings. The first-order valence-corrected chi connectivity index (χ1v) is 7.98. The summed E-state index contributed by atoms with van der Waals surface area (Å²) in [4.78, 5) is 26.4. The second-order valence-corrected chi connectivity index (χ2v) is 6.67. The largest absolute Gasteiger partial charge is 0.353 e. The molecule has 120 valence electrons. The van der Waals surface area contributed by atoms with E-state index in [-0.39, 0.29) is 23.8 Å². The third-order valence-corrected chi connectivity index (χ3v) is 4.73. The van der Waals surface area contributed by atoms with Crippen molar-refractivity contribution in [2.75, 3.05) is 11.4 Å². The van der Waals surface area contributed by atoms with E-state index in [9.17, 15) is 9.59 Å². The van der Waals surface area contributed by atoms with Crippen molar-refractivity contribution in [3.8, 4) is 0 Å². The zero-order valence-electron chi connectivity index (χ0n) is 14.1. The topological polar surface area (TPSA) is 49.4 Å². The summed E-state index contributed by atoms with van der Waals surface area (Å²) in [5.74, 6) is 0.151. The maximum atomic E-state index is 12.3. The summed E-state index contributed by atoms with van der Waals surface area (Å²) in [5, 5.41) is 3.02. The summed E-state index contributed by atoms with van der Waals surface area (Å²) in [6.07, 6.45) is 0.296. The van der Waals surface area contributed by atoms with Crippen molar-refractivity contribution in [2.45, 2.75) is 47.1 Å². The average molecular weight is 302 g/mol. The first-order valence-electron chi connectivity index (χ1n) is 7.98. The van der Waals surface area contributed by atoms with Crippen molar-refractivity contribution in [3.63, 3.8) is 0 Å². The maximum Gasteiger partial charge on any atom is 0.227 e. The second-order valence-electron chi connectivity index (χ2n) is 6.67. The zero-order chi connectivity index (χ0) is 16.4. The molecule has 0 spiro atoms. The summed E-state index contributed by atoms with van der Waals surface area (Å²) in [6.45, 7) is 10.7. The van der Waals surface area contributed by atoms with Gasteiger partial charge in [-0.25, -0.2) is 0 Å². The van der Waals surface area contributed by atoms with Gasteiger partial charge in [0.1, 0.15) is 0 Å². The van der Waals surface area contributed by atoms with Gasteiger partial charge in [-0.2, -0.15) is 0 Å². The van der Waals surface area contributed by atoms with Gasteiger partial charge in [-0.05, 0) is 43.9 Å². The SMILES string of the molecule is Cc1cccc(N2CC(C(=O)NC(C)C(C)C)CC2=O)c1C. The predicted molar refractivity (Wildman–Crippen MR) is 88.8 cm³/mol. The molecule has 2 unspecified atom stereocenters. The lowest BCUT2D eigenvalue weighted by molar-refractivity contribution is -0.127. The lowest BCUT2D eigenvalue weighted by Crippen LogP contribution is -2.40. The molecule has 2 amide bonds. The zero-order valence-corrected chi connectivity index (χ0v) is 14.1. The number of amides is 2. The van der Waals surface area contributed by atoms with Gasteiger partial charge in [-0.3, -0.25) is 9.59 Å². The van der Waals surface area contributed by atoms with Gasteiger partial charge in [0.25, 0.3) is 0 Å². The Kier molecular flexibility index (Phi) is 4.89. The molecule has 4 nitrogen and oxygen atoms in total. The van der Waals surface area contributed by atoms with Crippen molar-refractivity contribution in [1.82, 2.24) is 5.32 Å². The van der Waals surface area contributed by atoms with Crippen molar-refractivity contribution in [2.24, 2.45) is 11.8 Å². The molecule has 1 saturated heterocycles. The van der Waals surface area contributed by atoms with Crippen LogP contribution >= 0.6 is 0 Å². The molecule has 1 aliphatic rings. The smallest absolute Gasteiger partial charge is 0.227 e. The molecule has 1 aromatic carbocycles. The summed E-state index contributed by atoms with van der Waals surface area (Å²) < 4.78 is 0. The minimum atomic E-state index is -0.256. The third kappa shape index (κ3) is 3.32. The van der Waals surface area contributed by atoms with Gasteiger partial charge in [-0.15, -0.1) is 0 Å². The number of hydrogen-bond donors (Lipinski definition) is 1. The van der Waals surface area contributed by atoms with E-state index in [4.69, 9.17) is 0 Å². The Bertz CT molecular complexity index is 580. The number of nitrogens with zero attached hydrogens (tertiary/aromatic N) is 1. The van der Waals surface area contributed by atoms with E-state index in [1.165, 1.54) is 0 Å². The van der Waals surface area contributed by atoms with Gasteiger partial charge in [0.2, 0.25) is 11.8 Å². The first kappa shape index (κ1) is 16.5. The molecule has 0 saturated carbocycles. The molecule has 1 aliphatic heterocycles. The molecule has 0 aromatic heterocycles. The molecule has 0 radical (unpaired) electrons. The van der Waals surface area contributed by atoms with Crippen LogP contribution in [-0.4, -0.2) is 24.4 Å². The number of rotatable bonds is 4. The Morgan fingerprint density at radius 3 is 2.59 bits per heavy atom. The lowest BCUT2D eigenvalue weighted by Gasteiger charge is -2.22. The Morgan fingerprint density at radius 1 is 1.27 bits per heavy atom. The van der Waals surface area contributed by atoms with E-state index in [1.807, 2.05) is 39.0 Å². The van der Waals surface area contributed by atoms with Crippen LogP contribution < -0.4 is 10.2 Å². The molecule has 1 N–H and O–H groups in total. The van der Waals surface area contributed by atoms with Crippen LogP contribution in [0.25, 0.3) is 0 Å². The van der Waals surface area contributed by atoms with E-state index in [0.717, 1.165) is 16.8 Å². The fourth-order valence-electron chi connectivity index (χ4n) is 2.65. The minimum absolute atomic E-state index is 0.0117. The number of carbonyl (C=O) groups is 2. The molecular formula is C18H26N2O2. The highest BCUT2D eigenvalue weighted by atomic mass is 16.2. The Balaban J connectivity index is 2.11. The van der Waals surface area contributed by atoms with Gasteiger partial charge >= 0.3 is 0 Å². The summed E-state index contributed by atoms with van der Waals surface area (Å²) in [5.41, 5.74) is 3.19. The van der Waals surface area contributed by atoms with Gasteiger partial charge in [0, 0.05) is 24.7 Å². The fourth-order valence-corrected chi connectivity index (χ4v) is 2.65. The van der Waals surface area contributed by atoms with Gasteiger partial charge < -0.3 is 10.2 Å². The number of carbonyl (C=O) groups excluding carboxylic acids is 2. The van der Waals surface area contributed by atoms with Crippen LogP contribution in [0.3, 0.4) is 0 Å². The summed E-state index contributed by atoms with van der Waals surface area (Å²) >= 11 is 0. The monoisotopic (exact) mass is 302 g/mol. The van der Waals surface area contributed by atoms with Crippen LogP contribution in [0.2, 0.25) is 0 Å². The molecule has 1 aromatic rings. The van der Waals surface area contributed by atoms with Crippen LogP contribution in [-0.2, 0) is 9.59 Å². The molecule has 2 rings (SSSR count). The van der Waals surface area contributed by atoms with Crippen LogP contribution in [0.15, 0.2) is 18.2 Å². The standard InChI is InChI=1S/C18H26N2O2/c1-11(2)14(5)19-18(22)15-9-17(21)20(10-15)16-8-6-7-12(3)13(16)4/h6-8,11,14-15H,9-10H2,1-5H3,(H,19,22). The highest BCUT2D eigenvalue weighted by Gasteiger charge is 2.36. The highest BCUT2D eigenvalue weighted by Crippen LogP contribution is 2.29. The Morgan fingerprint density at radius 2 is 1.95 bits per heavy atom. The molecule has 0 bridgehead atoms. The molecule has 1 heterocycles. The summed E-state index contributed by atoms with van der Waals surface area (Å²) in [6, 6.07) is 6.07. The number of hydrogen-bond acceptors (Lipinski definition) is 2. The van der Waals surface area contributed by atoms with Gasteiger partial charge in [-0.1, -0.05) is 26.0 Å². The first-order chi connectivity index (χ1) is 10.3. The van der Waals surface area contributed by atoms with Crippen LogP contribution in [0, 0.1) is 25.7 Å². The Hall–Kier alpha value is -1.84. The van der Waals surface area contributed by atoms with Crippen molar-refractivity contribution in [3.05, 3.63) is 29.3 Å². The van der Waals surface area contributed by atoms with E-state index in [2.05, 4.69) is 19.2 Å². The lowest BCUT2D eigenvalue weighted by atomic mass is 10.0. The van der Waals surface area contributed by atoms with Gasteiger partial charge in [0.15, 0.2) is 0 Å². The number of aryl methyl sites for hydroxylation is 1. The number of anilines is 1. The molecule has 22 heavy (non-hydrogen) atoms. The van der Waals surface area contributed by atoms with Gasteiger partial charge in [0.05, 0.1) is 5.92 Å². The molecule has 0 aliphatic carbocycles. The number of benzene rings is 1. The van der Waals surface area contributed by atoms with E-state index < -0.39 is 0 Å². The van der Waals surface area contributed by atoms with Crippen molar-refractivity contribution in [1.29, 1.82) is 0 Å². The van der Waals surface area contributed by atoms with Crippen molar-refractivity contribution >= 4 is 17.5 Å².